The van der Waals surface area contributed by atoms with E-state index in [1.165, 1.54) is 24.3 Å². The number of carboxylic acid groups (broad SMARTS) is 1. The molecule has 0 aliphatic rings. The molecule has 0 saturated heterocycles. The molecule has 1 aromatic carbocycles. The Hall–Kier alpha value is -1.36. The number of carboxylic acids is 1. The highest BCUT2D eigenvalue weighted by Gasteiger charge is 2.05. The average molecular weight is 213 g/mol. The molecule has 0 saturated carbocycles. The van der Waals surface area contributed by atoms with Crippen molar-refractivity contribution in [3.8, 4) is 0 Å². The lowest BCUT2D eigenvalue weighted by atomic mass is 10.2. The van der Waals surface area contributed by atoms with Crippen molar-refractivity contribution in [2.24, 2.45) is 0 Å². The van der Waals surface area contributed by atoms with Crippen LogP contribution in [0.3, 0.4) is 0 Å². The fraction of sp³-hybridized carbons (Fsp3) is 0.222. The van der Waals surface area contributed by atoms with Gasteiger partial charge in [0, 0.05) is 18.6 Å². The Morgan fingerprint density at radius 2 is 1.79 bits per heavy atom. The lowest BCUT2D eigenvalue weighted by Crippen LogP contribution is -2.24. The van der Waals surface area contributed by atoms with Crippen molar-refractivity contribution >= 4 is 15.8 Å². The third-order valence-electron chi connectivity index (χ3n) is 1.70. The second-order valence-corrected chi connectivity index (χ2v) is 4.98. The summed E-state index contributed by atoms with van der Waals surface area (Å²) in [6, 6.07) is 5.69. The number of aliphatic carboxylic acids is 1. The van der Waals surface area contributed by atoms with Crippen LogP contribution in [0.5, 0.6) is 0 Å². The van der Waals surface area contributed by atoms with Gasteiger partial charge in [0.05, 0.1) is 4.90 Å². The first-order chi connectivity index (χ1) is 6.39. The van der Waals surface area contributed by atoms with Gasteiger partial charge in [-0.05, 0) is 17.7 Å². The third-order valence-corrected chi connectivity index (χ3v) is 2.83. The van der Waals surface area contributed by atoms with E-state index in [2.05, 4.69) is 0 Å². The maximum atomic E-state index is 11.0. The summed E-state index contributed by atoms with van der Waals surface area (Å²) in [7, 11) is -3.21. The predicted octanol–water partition coefficient (Wildman–Crippen LogP) is -0.618. The van der Waals surface area contributed by atoms with Gasteiger partial charge in [-0.3, -0.25) is 0 Å². The first kappa shape index (κ1) is 10.7. The molecule has 1 aromatic rings. The molecule has 14 heavy (non-hydrogen) atoms. The van der Waals surface area contributed by atoms with Gasteiger partial charge in [0.1, 0.15) is 0 Å². The van der Waals surface area contributed by atoms with Crippen LogP contribution in [0.4, 0.5) is 0 Å². The summed E-state index contributed by atoms with van der Waals surface area (Å²) in [5.41, 5.74) is 0.525. The second-order valence-electron chi connectivity index (χ2n) is 2.96. The number of carbonyl (C=O) groups is 1. The molecule has 5 heteroatoms. The summed E-state index contributed by atoms with van der Waals surface area (Å²) in [4.78, 5) is 10.4. The highest BCUT2D eigenvalue weighted by atomic mass is 32.2. The Morgan fingerprint density at radius 3 is 2.14 bits per heavy atom. The molecule has 0 aliphatic heterocycles. The molecular weight excluding hydrogens is 204 g/mol. The van der Waals surface area contributed by atoms with Crippen molar-refractivity contribution < 1.29 is 18.3 Å². The van der Waals surface area contributed by atoms with E-state index < -0.39 is 15.8 Å². The second kappa shape index (κ2) is 3.79. The molecular formula is C9H9O4S-. The molecule has 4 nitrogen and oxygen atoms in total. The Balaban J connectivity index is 2.95. The van der Waals surface area contributed by atoms with Gasteiger partial charge in [0.2, 0.25) is 0 Å². The molecule has 0 N–H and O–H groups in total. The molecule has 0 amide bonds. The average Bonchev–Trinajstić information content (AvgIpc) is 2.02. The van der Waals surface area contributed by atoms with Gasteiger partial charge in [-0.15, -0.1) is 0 Å². The van der Waals surface area contributed by atoms with Gasteiger partial charge in [0.25, 0.3) is 0 Å². The Labute approximate surface area is 82.1 Å². The molecule has 0 radical (unpaired) electrons. The summed E-state index contributed by atoms with van der Waals surface area (Å²) in [5.74, 6) is -1.18. The van der Waals surface area contributed by atoms with Crippen LogP contribution in [0.2, 0.25) is 0 Å². The third kappa shape index (κ3) is 2.85. The standard InChI is InChI=1S/C9H10O4S/c1-14(12,13)8-4-2-7(3-5-8)6-9(10)11/h2-5H,6H2,1H3,(H,10,11)/p-1. The van der Waals surface area contributed by atoms with Gasteiger partial charge >= 0.3 is 0 Å². The van der Waals surface area contributed by atoms with Crippen LogP contribution in [0.25, 0.3) is 0 Å². The van der Waals surface area contributed by atoms with Crippen LogP contribution in [0.15, 0.2) is 29.2 Å². The molecule has 0 aliphatic carbocycles. The lowest BCUT2D eigenvalue weighted by molar-refractivity contribution is -0.304. The molecule has 0 fully saturated rings. The molecule has 0 atom stereocenters. The minimum Gasteiger partial charge on any atom is -0.550 e. The maximum absolute atomic E-state index is 11.0. The predicted molar refractivity (Wildman–Crippen MR) is 48.3 cm³/mol. The largest absolute Gasteiger partial charge is 0.550 e. The fourth-order valence-corrected chi connectivity index (χ4v) is 1.65. The van der Waals surface area contributed by atoms with E-state index in [0.717, 1.165) is 6.26 Å². The number of carbonyl (C=O) groups excluding carboxylic acids is 1. The number of benzene rings is 1. The Morgan fingerprint density at radius 1 is 1.29 bits per heavy atom. The van der Waals surface area contributed by atoms with Crippen LogP contribution >= 0.6 is 0 Å². The van der Waals surface area contributed by atoms with E-state index in [1.54, 1.807) is 0 Å². The summed E-state index contributed by atoms with van der Waals surface area (Å²) >= 11 is 0. The number of hydrogen-bond acceptors (Lipinski definition) is 4. The fourth-order valence-electron chi connectivity index (χ4n) is 1.02. The normalized spacial score (nSPS) is 11.2. The smallest absolute Gasteiger partial charge is 0.175 e. The van der Waals surface area contributed by atoms with Crippen LogP contribution in [-0.4, -0.2) is 20.6 Å². The van der Waals surface area contributed by atoms with E-state index in [1.807, 2.05) is 0 Å². The van der Waals surface area contributed by atoms with Crippen LogP contribution in [0.1, 0.15) is 5.56 Å². The maximum Gasteiger partial charge on any atom is 0.175 e. The van der Waals surface area contributed by atoms with Crippen LogP contribution in [-0.2, 0) is 21.1 Å². The van der Waals surface area contributed by atoms with E-state index >= 15 is 0 Å². The Bertz CT molecular complexity index is 430. The quantitative estimate of drug-likeness (QED) is 0.670. The monoisotopic (exact) mass is 213 g/mol. The summed E-state index contributed by atoms with van der Waals surface area (Å²) in [5, 5.41) is 10.2. The van der Waals surface area contributed by atoms with Crippen molar-refractivity contribution in [2.75, 3.05) is 6.26 Å². The van der Waals surface area contributed by atoms with Crippen molar-refractivity contribution in [1.82, 2.24) is 0 Å². The van der Waals surface area contributed by atoms with Gasteiger partial charge in [-0.25, -0.2) is 8.42 Å². The molecule has 0 spiro atoms. The van der Waals surface area contributed by atoms with E-state index in [4.69, 9.17) is 0 Å². The SMILES string of the molecule is CS(=O)(=O)c1ccc(CC(=O)[O-])cc1. The zero-order chi connectivity index (χ0) is 10.8. The summed E-state index contributed by atoms with van der Waals surface area (Å²) < 4.78 is 22.1. The minimum absolute atomic E-state index is 0.180. The van der Waals surface area contributed by atoms with Crippen molar-refractivity contribution in [2.45, 2.75) is 11.3 Å². The molecule has 1 rings (SSSR count). The first-order valence-electron chi connectivity index (χ1n) is 3.88. The molecule has 76 valence electrons. The first-order valence-corrected chi connectivity index (χ1v) is 5.77. The summed E-state index contributed by atoms with van der Waals surface area (Å²) in [6.45, 7) is 0. The van der Waals surface area contributed by atoms with Crippen molar-refractivity contribution in [1.29, 1.82) is 0 Å². The summed E-state index contributed by atoms with van der Waals surface area (Å²) in [6.07, 6.45) is 0.894. The van der Waals surface area contributed by atoms with Crippen LogP contribution < -0.4 is 5.11 Å². The number of rotatable bonds is 3. The zero-order valence-corrected chi connectivity index (χ0v) is 8.37. The number of sulfone groups is 1. The zero-order valence-electron chi connectivity index (χ0n) is 7.56. The topological polar surface area (TPSA) is 74.3 Å². The molecule has 0 bridgehead atoms. The van der Waals surface area contributed by atoms with E-state index in [-0.39, 0.29) is 11.3 Å². The van der Waals surface area contributed by atoms with Gasteiger partial charge in [-0.1, -0.05) is 12.1 Å². The van der Waals surface area contributed by atoms with Crippen LogP contribution in [0, 0.1) is 0 Å². The number of hydrogen-bond donors (Lipinski definition) is 0. The highest BCUT2D eigenvalue weighted by molar-refractivity contribution is 7.90. The van der Waals surface area contributed by atoms with Gasteiger partial charge in [-0.2, -0.15) is 0 Å². The van der Waals surface area contributed by atoms with E-state index in [9.17, 15) is 18.3 Å². The lowest BCUT2D eigenvalue weighted by Gasteiger charge is -2.03. The minimum atomic E-state index is -3.21. The molecule has 0 unspecified atom stereocenters. The van der Waals surface area contributed by atoms with E-state index in [0.29, 0.717) is 5.56 Å². The van der Waals surface area contributed by atoms with Gasteiger partial charge in [0.15, 0.2) is 9.84 Å². The molecule has 0 heterocycles. The highest BCUT2D eigenvalue weighted by Crippen LogP contribution is 2.10. The molecule has 0 aromatic heterocycles. The Kier molecular flexibility index (Phi) is 2.90. The van der Waals surface area contributed by atoms with Crippen molar-refractivity contribution in [3.05, 3.63) is 29.8 Å². The van der Waals surface area contributed by atoms with Gasteiger partial charge < -0.3 is 9.90 Å². The van der Waals surface area contributed by atoms with Crippen molar-refractivity contribution in [3.63, 3.8) is 0 Å².